The molecule has 1 amide bonds. The smallest absolute Gasteiger partial charge is 0.267 e. The van der Waals surface area contributed by atoms with Gasteiger partial charge in [0.2, 0.25) is 0 Å². The van der Waals surface area contributed by atoms with Crippen molar-refractivity contribution in [2.75, 3.05) is 13.1 Å². The van der Waals surface area contributed by atoms with Crippen molar-refractivity contribution < 1.29 is 4.79 Å². The van der Waals surface area contributed by atoms with Crippen LogP contribution in [0.4, 0.5) is 0 Å². The zero-order valence-corrected chi connectivity index (χ0v) is 10.5. The minimum Gasteiger partial charge on any atom is -0.356 e. The van der Waals surface area contributed by atoms with Crippen molar-refractivity contribution >= 4 is 28.5 Å². The molecule has 0 spiro atoms. The van der Waals surface area contributed by atoms with E-state index in [1.54, 1.807) is 0 Å². The van der Waals surface area contributed by atoms with E-state index in [0.29, 0.717) is 5.69 Å². The second-order valence-corrected chi connectivity index (χ2v) is 4.99. The molecule has 1 aliphatic rings. The molecule has 1 aliphatic heterocycles. The Balaban J connectivity index is 1.91. The standard InChI is InChI=1S/C10H14IN3O/c11-7-4-9(13-5-7)10(15)14-8-2-1-3-12-6-8/h4-5,8,12-13H,1-3,6H2,(H,14,15)/t8-/m0/s1. The molecule has 1 aromatic rings. The van der Waals surface area contributed by atoms with Crippen molar-refractivity contribution in [3.05, 3.63) is 21.5 Å². The monoisotopic (exact) mass is 319 g/mol. The number of hydrogen-bond donors (Lipinski definition) is 3. The Kier molecular flexibility index (Phi) is 3.63. The van der Waals surface area contributed by atoms with Crippen LogP contribution in [0.1, 0.15) is 23.3 Å². The highest BCUT2D eigenvalue weighted by molar-refractivity contribution is 14.1. The first-order valence-electron chi connectivity index (χ1n) is 5.11. The summed E-state index contributed by atoms with van der Waals surface area (Å²) < 4.78 is 1.06. The summed E-state index contributed by atoms with van der Waals surface area (Å²) in [7, 11) is 0. The summed E-state index contributed by atoms with van der Waals surface area (Å²) in [6.07, 6.45) is 4.03. The van der Waals surface area contributed by atoms with Crippen LogP contribution < -0.4 is 10.6 Å². The van der Waals surface area contributed by atoms with Crippen LogP contribution in [0.3, 0.4) is 0 Å². The second-order valence-electron chi connectivity index (χ2n) is 3.75. The molecule has 1 aromatic heterocycles. The molecular formula is C10H14IN3O. The molecule has 1 atom stereocenters. The van der Waals surface area contributed by atoms with Gasteiger partial charge in [0.25, 0.3) is 5.91 Å². The number of rotatable bonds is 2. The fraction of sp³-hybridized carbons (Fsp3) is 0.500. The van der Waals surface area contributed by atoms with E-state index < -0.39 is 0 Å². The Hall–Kier alpha value is -0.560. The van der Waals surface area contributed by atoms with Gasteiger partial charge < -0.3 is 15.6 Å². The minimum atomic E-state index is -0.00776. The molecule has 0 unspecified atom stereocenters. The van der Waals surface area contributed by atoms with Crippen molar-refractivity contribution in [1.29, 1.82) is 0 Å². The van der Waals surface area contributed by atoms with Gasteiger partial charge in [0.1, 0.15) is 5.69 Å². The van der Waals surface area contributed by atoms with E-state index in [1.807, 2.05) is 12.3 Å². The fourth-order valence-electron chi connectivity index (χ4n) is 1.74. The average Bonchev–Trinajstić information content (AvgIpc) is 2.66. The van der Waals surface area contributed by atoms with E-state index in [0.717, 1.165) is 29.5 Å². The van der Waals surface area contributed by atoms with Crippen LogP contribution in [0, 0.1) is 3.57 Å². The van der Waals surface area contributed by atoms with Gasteiger partial charge in [0.05, 0.1) is 0 Å². The van der Waals surface area contributed by atoms with Crippen molar-refractivity contribution in [2.24, 2.45) is 0 Å². The van der Waals surface area contributed by atoms with Crippen molar-refractivity contribution in [1.82, 2.24) is 15.6 Å². The van der Waals surface area contributed by atoms with Gasteiger partial charge in [-0.05, 0) is 48.0 Å². The molecular weight excluding hydrogens is 305 g/mol. The highest BCUT2D eigenvalue weighted by atomic mass is 127. The van der Waals surface area contributed by atoms with Crippen LogP contribution in [0.2, 0.25) is 0 Å². The Labute approximate surface area is 102 Å². The molecule has 2 heterocycles. The second kappa shape index (κ2) is 4.98. The molecule has 1 saturated heterocycles. The lowest BCUT2D eigenvalue weighted by Crippen LogP contribution is -2.45. The number of amides is 1. The zero-order chi connectivity index (χ0) is 10.7. The van der Waals surface area contributed by atoms with Gasteiger partial charge in [0, 0.05) is 22.4 Å². The minimum absolute atomic E-state index is 0.00776. The maximum atomic E-state index is 11.8. The molecule has 82 valence electrons. The molecule has 2 rings (SSSR count). The summed E-state index contributed by atoms with van der Waals surface area (Å²) in [4.78, 5) is 14.7. The van der Waals surface area contributed by atoms with Crippen LogP contribution in [0.15, 0.2) is 12.3 Å². The number of nitrogens with one attached hydrogen (secondary N) is 3. The van der Waals surface area contributed by atoms with Gasteiger partial charge in [-0.1, -0.05) is 0 Å². The quantitative estimate of drug-likeness (QED) is 0.715. The first-order valence-corrected chi connectivity index (χ1v) is 6.19. The molecule has 0 aliphatic carbocycles. The molecule has 0 bridgehead atoms. The summed E-state index contributed by atoms with van der Waals surface area (Å²) in [5.74, 6) is -0.00776. The maximum Gasteiger partial charge on any atom is 0.267 e. The van der Waals surface area contributed by atoms with Gasteiger partial charge in [0.15, 0.2) is 0 Å². The highest BCUT2D eigenvalue weighted by Gasteiger charge is 2.16. The van der Waals surface area contributed by atoms with Crippen LogP contribution in [0.5, 0.6) is 0 Å². The molecule has 0 radical (unpaired) electrons. The lowest BCUT2D eigenvalue weighted by molar-refractivity contribution is 0.0926. The summed E-state index contributed by atoms with van der Waals surface area (Å²) in [6.45, 7) is 1.94. The maximum absolute atomic E-state index is 11.8. The topological polar surface area (TPSA) is 56.9 Å². The molecule has 1 fully saturated rings. The number of carbonyl (C=O) groups excluding carboxylic acids is 1. The molecule has 5 heteroatoms. The van der Waals surface area contributed by atoms with E-state index in [2.05, 4.69) is 38.2 Å². The Morgan fingerprint density at radius 3 is 3.07 bits per heavy atom. The van der Waals surface area contributed by atoms with Gasteiger partial charge in [-0.15, -0.1) is 0 Å². The number of piperidine rings is 1. The van der Waals surface area contributed by atoms with Crippen molar-refractivity contribution in [2.45, 2.75) is 18.9 Å². The largest absolute Gasteiger partial charge is 0.356 e. The third-order valence-corrected chi connectivity index (χ3v) is 3.15. The van der Waals surface area contributed by atoms with E-state index in [1.165, 1.54) is 0 Å². The molecule has 4 nitrogen and oxygen atoms in total. The highest BCUT2D eigenvalue weighted by Crippen LogP contribution is 2.07. The fourth-order valence-corrected chi connectivity index (χ4v) is 2.20. The van der Waals surface area contributed by atoms with Crippen molar-refractivity contribution in [3.63, 3.8) is 0 Å². The summed E-state index contributed by atoms with van der Waals surface area (Å²) in [5.41, 5.74) is 0.643. The normalized spacial score (nSPS) is 21.3. The number of aromatic amines is 1. The van der Waals surface area contributed by atoms with Gasteiger partial charge >= 0.3 is 0 Å². The Bertz CT molecular complexity index is 344. The number of H-pyrrole nitrogens is 1. The van der Waals surface area contributed by atoms with Crippen LogP contribution >= 0.6 is 22.6 Å². The zero-order valence-electron chi connectivity index (χ0n) is 8.35. The SMILES string of the molecule is O=C(N[C@H]1CCCNC1)c1cc(I)c[nH]1. The van der Waals surface area contributed by atoms with Crippen LogP contribution in [0.25, 0.3) is 0 Å². The first-order chi connectivity index (χ1) is 7.25. The van der Waals surface area contributed by atoms with E-state index in [9.17, 15) is 4.79 Å². The first kappa shape index (κ1) is 10.9. The number of halogens is 1. The summed E-state index contributed by atoms with van der Waals surface area (Å²) in [5, 5.41) is 6.28. The molecule has 15 heavy (non-hydrogen) atoms. The number of hydrogen-bond acceptors (Lipinski definition) is 2. The third-order valence-electron chi connectivity index (χ3n) is 2.52. The third kappa shape index (κ3) is 2.94. The predicted molar refractivity (Wildman–Crippen MR) is 66.9 cm³/mol. The number of carbonyl (C=O) groups is 1. The van der Waals surface area contributed by atoms with Crippen molar-refractivity contribution in [3.8, 4) is 0 Å². The lowest BCUT2D eigenvalue weighted by Gasteiger charge is -2.23. The molecule has 0 saturated carbocycles. The van der Waals surface area contributed by atoms with Crippen LogP contribution in [-0.2, 0) is 0 Å². The van der Waals surface area contributed by atoms with Gasteiger partial charge in [-0.3, -0.25) is 4.79 Å². The summed E-state index contributed by atoms with van der Waals surface area (Å²) in [6, 6.07) is 2.12. The van der Waals surface area contributed by atoms with E-state index in [-0.39, 0.29) is 11.9 Å². The van der Waals surface area contributed by atoms with Gasteiger partial charge in [-0.25, -0.2) is 0 Å². The van der Waals surface area contributed by atoms with E-state index >= 15 is 0 Å². The van der Waals surface area contributed by atoms with Gasteiger partial charge in [-0.2, -0.15) is 0 Å². The molecule has 3 N–H and O–H groups in total. The summed E-state index contributed by atoms with van der Waals surface area (Å²) >= 11 is 2.18. The van der Waals surface area contributed by atoms with E-state index in [4.69, 9.17) is 0 Å². The Morgan fingerprint density at radius 1 is 1.60 bits per heavy atom. The Morgan fingerprint density at radius 2 is 2.47 bits per heavy atom. The van der Waals surface area contributed by atoms with Crippen LogP contribution in [-0.4, -0.2) is 30.0 Å². The number of aromatic nitrogens is 1. The predicted octanol–water partition coefficient (Wildman–Crippen LogP) is 1.10. The lowest BCUT2D eigenvalue weighted by atomic mass is 10.1. The average molecular weight is 319 g/mol. The molecule has 0 aromatic carbocycles.